The third kappa shape index (κ3) is 9.28. The average Bonchev–Trinajstić information content (AvgIpc) is 2.47. The van der Waals surface area contributed by atoms with Crippen molar-refractivity contribution in [2.75, 3.05) is 0 Å². The van der Waals surface area contributed by atoms with E-state index in [-0.39, 0.29) is 0 Å². The highest BCUT2D eigenvalue weighted by Gasteiger charge is 2.04. The maximum atomic E-state index is 11.9. The molecule has 0 aliphatic rings. The van der Waals surface area contributed by atoms with Crippen LogP contribution in [-0.2, 0) is 6.54 Å². The summed E-state index contributed by atoms with van der Waals surface area (Å²) in [5.74, 6) is 0.377. The predicted molar refractivity (Wildman–Crippen MR) is 91.6 cm³/mol. The molecule has 0 aliphatic carbocycles. The molecule has 1 aromatic rings. The molecule has 0 bridgehead atoms. The van der Waals surface area contributed by atoms with Crippen molar-refractivity contribution in [3.63, 3.8) is 0 Å². The van der Waals surface area contributed by atoms with E-state index in [2.05, 4.69) is 13.8 Å². The van der Waals surface area contributed by atoms with Crippen LogP contribution in [-0.4, -0.2) is 11.0 Å². The maximum Gasteiger partial charge on any atom is 0.178 e. The average molecular weight is 289 g/mol. The molecule has 1 atom stereocenters. The molecule has 2 heteroatoms. The number of unbranched alkanes of at least 4 members (excludes halogenated alkanes) is 6. The first-order valence-electron chi connectivity index (χ1n) is 8.55. The summed E-state index contributed by atoms with van der Waals surface area (Å²) < 4.78 is 1.08. The normalized spacial score (nSPS) is 13.3. The molecule has 1 rings (SSSR count). The van der Waals surface area contributed by atoms with Crippen LogP contribution in [0.2, 0.25) is 0 Å². The molecule has 0 aromatic heterocycles. The van der Waals surface area contributed by atoms with E-state index in [1.165, 1.54) is 44.9 Å². The fraction of sp³-hybridized carbons (Fsp3) is 0.632. The molecule has 0 fully saturated rings. The summed E-state index contributed by atoms with van der Waals surface area (Å²) in [6.45, 7) is 4.86. The van der Waals surface area contributed by atoms with Gasteiger partial charge in [-0.1, -0.05) is 89.1 Å². The first-order chi connectivity index (χ1) is 10.2. The van der Waals surface area contributed by atoms with Crippen molar-refractivity contribution in [2.24, 2.45) is 5.92 Å². The van der Waals surface area contributed by atoms with Gasteiger partial charge in [-0.3, -0.25) is 0 Å². The Kier molecular flexibility index (Phi) is 9.60. The lowest BCUT2D eigenvalue weighted by molar-refractivity contribution is -0.472. The zero-order chi connectivity index (χ0) is 15.3. The highest BCUT2D eigenvalue weighted by molar-refractivity contribution is 5.54. The Morgan fingerprint density at radius 3 is 2.29 bits per heavy atom. The number of hydrogen-bond donors (Lipinski definition) is 0. The molecule has 21 heavy (non-hydrogen) atoms. The molecule has 1 unspecified atom stereocenters. The van der Waals surface area contributed by atoms with E-state index in [1.807, 2.05) is 36.5 Å². The van der Waals surface area contributed by atoms with E-state index in [4.69, 9.17) is 0 Å². The largest absolute Gasteiger partial charge is 0.624 e. The minimum absolute atomic E-state index is 0.377. The Bertz CT molecular complexity index is 386. The summed E-state index contributed by atoms with van der Waals surface area (Å²) in [6, 6.07) is 9.93. The minimum atomic E-state index is 0.377. The van der Waals surface area contributed by atoms with Crippen LogP contribution in [0.5, 0.6) is 0 Å². The lowest BCUT2D eigenvalue weighted by atomic mass is 10.0. The van der Waals surface area contributed by atoms with Crippen LogP contribution in [0.4, 0.5) is 0 Å². The van der Waals surface area contributed by atoms with Crippen LogP contribution >= 0.6 is 0 Å². The van der Waals surface area contributed by atoms with Crippen LogP contribution in [0.1, 0.15) is 70.8 Å². The molecule has 0 saturated heterocycles. The summed E-state index contributed by atoms with van der Waals surface area (Å²) in [5.41, 5.74) is 1.08. The highest BCUT2D eigenvalue weighted by atomic mass is 16.5. The Hall–Kier alpha value is -1.31. The first-order valence-corrected chi connectivity index (χ1v) is 8.55. The van der Waals surface area contributed by atoms with Crippen molar-refractivity contribution in [3.05, 3.63) is 41.1 Å². The van der Waals surface area contributed by atoms with Gasteiger partial charge in [0.25, 0.3) is 0 Å². The number of hydroxylamine groups is 1. The second-order valence-corrected chi connectivity index (χ2v) is 6.10. The Labute approximate surface area is 130 Å². The topological polar surface area (TPSA) is 26.1 Å². The van der Waals surface area contributed by atoms with E-state index >= 15 is 0 Å². The maximum absolute atomic E-state index is 11.9. The van der Waals surface area contributed by atoms with Gasteiger partial charge >= 0.3 is 0 Å². The van der Waals surface area contributed by atoms with E-state index in [0.29, 0.717) is 12.5 Å². The van der Waals surface area contributed by atoms with Gasteiger partial charge in [0.05, 0.1) is 0 Å². The van der Waals surface area contributed by atoms with Gasteiger partial charge in [0.15, 0.2) is 12.8 Å². The molecule has 118 valence electrons. The molecular weight excluding hydrogens is 258 g/mol. The molecular formula is C19H31NO. The van der Waals surface area contributed by atoms with Crippen LogP contribution in [0.3, 0.4) is 0 Å². The van der Waals surface area contributed by atoms with Crippen molar-refractivity contribution in [1.29, 1.82) is 0 Å². The number of nitrogens with zero attached hydrogens (tertiary/aromatic N) is 1. The lowest BCUT2D eigenvalue weighted by Crippen LogP contribution is -2.10. The van der Waals surface area contributed by atoms with Crippen molar-refractivity contribution in [3.8, 4) is 0 Å². The Morgan fingerprint density at radius 2 is 1.62 bits per heavy atom. The second-order valence-electron chi connectivity index (χ2n) is 6.10. The summed E-state index contributed by atoms with van der Waals surface area (Å²) >= 11 is 0. The van der Waals surface area contributed by atoms with Gasteiger partial charge < -0.3 is 5.21 Å². The monoisotopic (exact) mass is 289 g/mol. The number of rotatable bonds is 11. The van der Waals surface area contributed by atoms with Gasteiger partial charge in [-0.2, -0.15) is 0 Å². The highest BCUT2D eigenvalue weighted by Crippen LogP contribution is 2.11. The van der Waals surface area contributed by atoms with E-state index in [9.17, 15) is 5.21 Å². The van der Waals surface area contributed by atoms with Crippen molar-refractivity contribution in [1.82, 2.24) is 0 Å². The van der Waals surface area contributed by atoms with E-state index in [1.54, 1.807) is 0 Å². The summed E-state index contributed by atoms with van der Waals surface area (Å²) in [7, 11) is 0. The predicted octanol–water partition coefficient (Wildman–Crippen LogP) is 5.54. The van der Waals surface area contributed by atoms with Gasteiger partial charge in [0.2, 0.25) is 0 Å². The number of benzene rings is 1. The van der Waals surface area contributed by atoms with Crippen molar-refractivity contribution >= 4 is 6.21 Å². The molecule has 0 radical (unpaired) electrons. The molecule has 0 N–H and O–H groups in total. The third-order valence-corrected chi connectivity index (χ3v) is 3.87. The van der Waals surface area contributed by atoms with Crippen LogP contribution in [0.25, 0.3) is 0 Å². The molecule has 0 saturated carbocycles. The quantitative estimate of drug-likeness (QED) is 0.172. The van der Waals surface area contributed by atoms with E-state index in [0.717, 1.165) is 16.7 Å². The van der Waals surface area contributed by atoms with Gasteiger partial charge in [-0.05, 0) is 6.42 Å². The van der Waals surface area contributed by atoms with Crippen LogP contribution in [0.15, 0.2) is 30.3 Å². The lowest BCUT2D eigenvalue weighted by Gasteiger charge is -2.08. The molecule has 0 amide bonds. The molecule has 0 heterocycles. The molecule has 2 nitrogen and oxygen atoms in total. The zero-order valence-corrected chi connectivity index (χ0v) is 13.8. The van der Waals surface area contributed by atoms with E-state index < -0.39 is 0 Å². The Balaban J connectivity index is 2.14. The summed E-state index contributed by atoms with van der Waals surface area (Å²) in [5, 5.41) is 11.9. The zero-order valence-electron chi connectivity index (χ0n) is 13.8. The standard InChI is InChI=1S/C19H31NO/c1-3-4-5-6-7-8-10-13-18(2)16-20(21)17-19-14-11-9-12-15-19/h9,11-12,14-16,18H,3-8,10,13,17H2,1-2H3/b20-16+. The SMILES string of the molecule is CCCCCCCCCC(C)/C=[N+](/[O-])Cc1ccccc1. The van der Waals surface area contributed by atoms with Crippen molar-refractivity contribution in [2.45, 2.75) is 71.8 Å². The molecule has 0 spiro atoms. The Morgan fingerprint density at radius 1 is 1.00 bits per heavy atom. The van der Waals surface area contributed by atoms with Gasteiger partial charge in [0, 0.05) is 11.5 Å². The van der Waals surface area contributed by atoms with Gasteiger partial charge in [-0.15, -0.1) is 0 Å². The fourth-order valence-electron chi connectivity index (χ4n) is 2.60. The van der Waals surface area contributed by atoms with Gasteiger partial charge in [0.1, 0.15) is 0 Å². The molecule has 0 aliphatic heterocycles. The third-order valence-electron chi connectivity index (χ3n) is 3.87. The fourth-order valence-corrected chi connectivity index (χ4v) is 2.60. The number of hydrogen-bond acceptors (Lipinski definition) is 1. The summed E-state index contributed by atoms with van der Waals surface area (Å²) in [6.07, 6.45) is 12.3. The molecule has 1 aromatic carbocycles. The van der Waals surface area contributed by atoms with Gasteiger partial charge in [-0.25, -0.2) is 4.74 Å². The smallest absolute Gasteiger partial charge is 0.178 e. The van der Waals surface area contributed by atoms with Crippen LogP contribution in [0, 0.1) is 11.1 Å². The van der Waals surface area contributed by atoms with Crippen molar-refractivity contribution < 1.29 is 4.74 Å². The van der Waals surface area contributed by atoms with Crippen LogP contribution < -0.4 is 0 Å². The second kappa shape index (κ2) is 11.4. The minimum Gasteiger partial charge on any atom is -0.624 e. The first kappa shape index (κ1) is 17.7. The summed E-state index contributed by atoms with van der Waals surface area (Å²) in [4.78, 5) is 0.